The van der Waals surface area contributed by atoms with Crippen molar-refractivity contribution in [2.24, 2.45) is 0 Å². The smallest absolute Gasteiger partial charge is 0.200 e. The van der Waals surface area contributed by atoms with Gasteiger partial charge in [0.05, 0.1) is 31.3 Å². The molecule has 0 saturated carbocycles. The number of ether oxygens (including phenoxy) is 4. The van der Waals surface area contributed by atoms with Crippen molar-refractivity contribution in [2.45, 2.75) is 44.9 Å². The molecule has 1 fully saturated rings. The molecule has 39 heavy (non-hydrogen) atoms. The second kappa shape index (κ2) is 12.7. The van der Waals surface area contributed by atoms with Gasteiger partial charge in [-0.15, -0.1) is 0 Å². The maximum absolute atomic E-state index is 14.3. The highest BCUT2D eigenvalue weighted by Gasteiger charge is 2.20. The molecular formula is C30H31F2N3O4. The van der Waals surface area contributed by atoms with E-state index in [4.69, 9.17) is 18.9 Å². The largest absolute Gasteiger partial charge is 0.497 e. The lowest BCUT2D eigenvalue weighted by Crippen LogP contribution is -2.20. The number of hydrogen-bond donors (Lipinski definition) is 0. The lowest BCUT2D eigenvalue weighted by Gasteiger charge is -2.24. The quantitative estimate of drug-likeness (QED) is 0.204. The summed E-state index contributed by atoms with van der Waals surface area (Å²) in [7, 11) is 1.58. The molecule has 1 aliphatic heterocycles. The van der Waals surface area contributed by atoms with Gasteiger partial charge in [-0.1, -0.05) is 12.1 Å². The topological polar surface area (TPSA) is 67.6 Å². The molecule has 0 spiro atoms. The minimum atomic E-state index is -0.994. The van der Waals surface area contributed by atoms with Gasteiger partial charge in [-0.3, -0.25) is 4.98 Å². The van der Waals surface area contributed by atoms with E-state index in [0.717, 1.165) is 42.8 Å². The third-order valence-electron chi connectivity index (χ3n) is 6.58. The van der Waals surface area contributed by atoms with E-state index in [9.17, 15) is 8.78 Å². The Morgan fingerprint density at radius 1 is 0.974 bits per heavy atom. The van der Waals surface area contributed by atoms with Crippen molar-refractivity contribution < 1.29 is 27.7 Å². The van der Waals surface area contributed by atoms with Gasteiger partial charge in [0.25, 0.3) is 0 Å². The maximum Gasteiger partial charge on any atom is 0.200 e. The second-order valence-electron chi connectivity index (χ2n) is 9.34. The van der Waals surface area contributed by atoms with Crippen LogP contribution in [0.15, 0.2) is 67.0 Å². The molecule has 204 valence electrons. The van der Waals surface area contributed by atoms with Crippen molar-refractivity contribution in [3.63, 3.8) is 0 Å². The summed E-state index contributed by atoms with van der Waals surface area (Å²) in [6.07, 6.45) is 7.61. The van der Waals surface area contributed by atoms with Crippen LogP contribution < -0.4 is 14.2 Å². The molecule has 1 atom stereocenters. The van der Waals surface area contributed by atoms with E-state index in [0.29, 0.717) is 36.5 Å². The Morgan fingerprint density at radius 2 is 1.82 bits per heavy atom. The number of aryl methyl sites for hydroxylation is 1. The van der Waals surface area contributed by atoms with Crippen LogP contribution >= 0.6 is 0 Å². The molecule has 0 amide bonds. The minimum absolute atomic E-state index is 0.0638. The Bertz CT molecular complexity index is 1350. The summed E-state index contributed by atoms with van der Waals surface area (Å²) in [5, 5.41) is 4.44. The number of pyridine rings is 1. The summed E-state index contributed by atoms with van der Waals surface area (Å²) >= 11 is 0. The third kappa shape index (κ3) is 6.72. The van der Waals surface area contributed by atoms with E-state index < -0.39 is 11.6 Å². The van der Waals surface area contributed by atoms with Crippen LogP contribution in [0.25, 0.3) is 11.4 Å². The molecule has 0 N–H and O–H groups in total. The van der Waals surface area contributed by atoms with Gasteiger partial charge in [-0.25, -0.2) is 9.07 Å². The van der Waals surface area contributed by atoms with E-state index in [-0.39, 0.29) is 18.6 Å². The summed E-state index contributed by atoms with van der Waals surface area (Å²) in [4.78, 5) is 4.55. The molecule has 0 radical (unpaired) electrons. The Hall–Kier alpha value is -3.98. The SMILES string of the molecule is COc1ccc(COc2cc(CCCOc3ccc(-c4ccnn4C4CCCCO4)nc3)cc(F)c2F)cc1. The predicted octanol–water partition coefficient (Wildman–Crippen LogP) is 6.52. The number of methoxy groups -OCH3 is 1. The molecule has 0 bridgehead atoms. The molecule has 9 heteroatoms. The normalized spacial score (nSPS) is 15.2. The van der Waals surface area contributed by atoms with Gasteiger partial charge in [-0.05, 0) is 85.7 Å². The van der Waals surface area contributed by atoms with Crippen LogP contribution in [0.2, 0.25) is 0 Å². The molecule has 4 aromatic rings. The Balaban J connectivity index is 1.13. The average molecular weight is 536 g/mol. The van der Waals surface area contributed by atoms with Crippen LogP contribution in [0.3, 0.4) is 0 Å². The first-order chi connectivity index (χ1) is 19.1. The first kappa shape index (κ1) is 26.6. The monoisotopic (exact) mass is 535 g/mol. The maximum atomic E-state index is 14.3. The first-order valence-electron chi connectivity index (χ1n) is 13.1. The van der Waals surface area contributed by atoms with Crippen molar-refractivity contribution in [1.82, 2.24) is 14.8 Å². The summed E-state index contributed by atoms with van der Waals surface area (Å²) < 4.78 is 52.8. The van der Waals surface area contributed by atoms with Gasteiger partial charge in [0.15, 0.2) is 17.8 Å². The zero-order chi connectivity index (χ0) is 27.0. The van der Waals surface area contributed by atoms with E-state index in [1.807, 2.05) is 35.0 Å². The van der Waals surface area contributed by atoms with E-state index in [1.165, 1.54) is 12.1 Å². The molecule has 3 heterocycles. The van der Waals surface area contributed by atoms with Crippen LogP contribution in [0.5, 0.6) is 17.2 Å². The van der Waals surface area contributed by atoms with Crippen LogP contribution in [-0.2, 0) is 17.8 Å². The lowest BCUT2D eigenvalue weighted by atomic mass is 10.1. The zero-order valence-corrected chi connectivity index (χ0v) is 21.8. The number of rotatable bonds is 11. The molecule has 1 aliphatic rings. The average Bonchev–Trinajstić information content (AvgIpc) is 3.47. The van der Waals surface area contributed by atoms with Crippen molar-refractivity contribution in [3.8, 4) is 28.6 Å². The van der Waals surface area contributed by atoms with E-state index >= 15 is 0 Å². The van der Waals surface area contributed by atoms with E-state index in [1.54, 1.807) is 31.6 Å². The number of halogens is 2. The van der Waals surface area contributed by atoms with Crippen LogP contribution in [0.1, 0.15) is 43.0 Å². The standard InChI is InChI=1S/C30H31F2N3O4/c1-36-23-9-7-21(8-10-23)20-39-28-18-22(17-25(31)30(28)32)5-4-16-37-24-11-12-26(33-19-24)27-13-14-34-35(27)29-6-2-3-15-38-29/h7-14,17-19,29H,2-6,15-16,20H2,1H3. The summed E-state index contributed by atoms with van der Waals surface area (Å²) in [6.45, 7) is 1.26. The molecule has 7 nitrogen and oxygen atoms in total. The molecule has 1 unspecified atom stereocenters. The van der Waals surface area contributed by atoms with Crippen molar-refractivity contribution in [3.05, 3.63) is 89.8 Å². The Labute approximate surface area is 226 Å². The number of nitrogens with zero attached hydrogens (tertiary/aromatic N) is 3. The van der Waals surface area contributed by atoms with Crippen molar-refractivity contribution in [1.29, 1.82) is 0 Å². The number of aromatic nitrogens is 3. The van der Waals surface area contributed by atoms with Gasteiger partial charge in [0, 0.05) is 12.8 Å². The highest BCUT2D eigenvalue weighted by molar-refractivity contribution is 5.54. The summed E-state index contributed by atoms with van der Waals surface area (Å²) in [6, 6.07) is 15.6. The van der Waals surface area contributed by atoms with Gasteiger partial charge in [0.1, 0.15) is 18.1 Å². The molecule has 5 rings (SSSR count). The highest BCUT2D eigenvalue weighted by atomic mass is 19.2. The van der Waals surface area contributed by atoms with Crippen LogP contribution in [0.4, 0.5) is 8.78 Å². The minimum Gasteiger partial charge on any atom is -0.497 e. The fourth-order valence-electron chi connectivity index (χ4n) is 4.50. The number of hydrogen-bond acceptors (Lipinski definition) is 6. The fraction of sp³-hybridized carbons (Fsp3) is 0.333. The van der Waals surface area contributed by atoms with Crippen LogP contribution in [0, 0.1) is 11.6 Å². The van der Waals surface area contributed by atoms with Gasteiger partial charge in [-0.2, -0.15) is 9.49 Å². The Kier molecular flexibility index (Phi) is 8.68. The molecule has 1 saturated heterocycles. The van der Waals surface area contributed by atoms with Gasteiger partial charge < -0.3 is 18.9 Å². The van der Waals surface area contributed by atoms with Crippen molar-refractivity contribution >= 4 is 0 Å². The summed E-state index contributed by atoms with van der Waals surface area (Å²) in [5.41, 5.74) is 3.14. The number of benzene rings is 2. The molecule has 2 aromatic heterocycles. The molecule has 0 aliphatic carbocycles. The summed E-state index contributed by atoms with van der Waals surface area (Å²) in [5.74, 6) is -0.696. The predicted molar refractivity (Wildman–Crippen MR) is 142 cm³/mol. The Morgan fingerprint density at radius 3 is 2.56 bits per heavy atom. The highest BCUT2D eigenvalue weighted by Crippen LogP contribution is 2.28. The van der Waals surface area contributed by atoms with Gasteiger partial charge >= 0.3 is 0 Å². The van der Waals surface area contributed by atoms with Gasteiger partial charge in [0.2, 0.25) is 5.82 Å². The fourth-order valence-corrected chi connectivity index (χ4v) is 4.50. The zero-order valence-electron chi connectivity index (χ0n) is 21.8. The lowest BCUT2D eigenvalue weighted by molar-refractivity contribution is -0.0384. The second-order valence-corrected chi connectivity index (χ2v) is 9.34. The van der Waals surface area contributed by atoms with Crippen molar-refractivity contribution in [2.75, 3.05) is 20.3 Å². The third-order valence-corrected chi connectivity index (χ3v) is 6.58. The van der Waals surface area contributed by atoms with Crippen LogP contribution in [-0.4, -0.2) is 35.1 Å². The molecular weight excluding hydrogens is 504 g/mol. The van der Waals surface area contributed by atoms with E-state index in [2.05, 4.69) is 10.1 Å². The first-order valence-corrected chi connectivity index (χ1v) is 13.1. The molecule has 2 aromatic carbocycles.